The third-order valence-corrected chi connectivity index (χ3v) is 3.80. The molecule has 2 aromatic rings. The van der Waals surface area contributed by atoms with E-state index in [-0.39, 0.29) is 5.82 Å². The second kappa shape index (κ2) is 7.32. The Morgan fingerprint density at radius 3 is 2.53 bits per heavy atom. The number of benzene rings is 1. The summed E-state index contributed by atoms with van der Waals surface area (Å²) in [5.74, 6) is -0.150. The number of aryl methyl sites for hydroxylation is 1. The number of unbranched alkanes of at least 4 members (excludes halogenated alkanes) is 6. The minimum absolute atomic E-state index is 0.150. The van der Waals surface area contributed by atoms with Crippen molar-refractivity contribution in [2.45, 2.75) is 58.3 Å². The zero-order valence-electron chi connectivity index (χ0n) is 11.8. The zero-order valence-corrected chi connectivity index (χ0v) is 11.8. The number of hydrogen-bond acceptors (Lipinski definition) is 0. The molecule has 2 rings (SSSR count). The zero-order chi connectivity index (χ0) is 13.5. The summed E-state index contributed by atoms with van der Waals surface area (Å²) in [5.41, 5.74) is 1.91. The van der Waals surface area contributed by atoms with E-state index < -0.39 is 0 Å². The molecule has 0 aliphatic heterocycles. The molecule has 104 valence electrons. The summed E-state index contributed by atoms with van der Waals surface area (Å²) < 4.78 is 13.5. The van der Waals surface area contributed by atoms with Gasteiger partial charge in [-0.2, -0.15) is 0 Å². The molecule has 1 N–H and O–H groups in total. The lowest BCUT2D eigenvalue weighted by Gasteiger charge is -2.01. The van der Waals surface area contributed by atoms with Crippen molar-refractivity contribution in [3.05, 3.63) is 35.8 Å². The number of para-hydroxylation sites is 1. The van der Waals surface area contributed by atoms with Crippen molar-refractivity contribution in [1.29, 1.82) is 0 Å². The van der Waals surface area contributed by atoms with Crippen LogP contribution in [0.5, 0.6) is 0 Å². The molecule has 0 unspecified atom stereocenters. The fourth-order valence-electron chi connectivity index (χ4n) is 2.65. The van der Waals surface area contributed by atoms with Crippen LogP contribution in [0.4, 0.5) is 4.39 Å². The van der Waals surface area contributed by atoms with Crippen LogP contribution in [0, 0.1) is 5.82 Å². The van der Waals surface area contributed by atoms with Crippen LogP contribution >= 0.6 is 0 Å². The third kappa shape index (κ3) is 3.82. The maximum Gasteiger partial charge on any atom is 0.147 e. The van der Waals surface area contributed by atoms with Crippen molar-refractivity contribution >= 4 is 10.9 Å². The number of halogens is 1. The molecular weight excluding hydrogens is 237 g/mol. The van der Waals surface area contributed by atoms with Crippen molar-refractivity contribution in [2.24, 2.45) is 0 Å². The summed E-state index contributed by atoms with van der Waals surface area (Å²) in [7, 11) is 0. The molecule has 1 nitrogen and oxygen atoms in total. The van der Waals surface area contributed by atoms with E-state index in [0.29, 0.717) is 5.52 Å². The van der Waals surface area contributed by atoms with Gasteiger partial charge < -0.3 is 4.98 Å². The van der Waals surface area contributed by atoms with Crippen LogP contribution in [0.25, 0.3) is 10.9 Å². The number of aromatic nitrogens is 1. The first-order valence-corrected chi connectivity index (χ1v) is 7.57. The maximum atomic E-state index is 13.5. The molecule has 0 spiro atoms. The molecule has 1 heterocycles. The Labute approximate surface area is 115 Å². The van der Waals surface area contributed by atoms with E-state index in [1.807, 2.05) is 12.3 Å². The first-order chi connectivity index (χ1) is 9.33. The van der Waals surface area contributed by atoms with Gasteiger partial charge in [0.25, 0.3) is 0 Å². The highest BCUT2D eigenvalue weighted by atomic mass is 19.1. The molecule has 2 heteroatoms. The Hall–Kier alpha value is -1.31. The molecule has 19 heavy (non-hydrogen) atoms. The van der Waals surface area contributed by atoms with Crippen molar-refractivity contribution in [2.75, 3.05) is 0 Å². The lowest BCUT2D eigenvalue weighted by molar-refractivity contribution is 0.590. The van der Waals surface area contributed by atoms with Gasteiger partial charge >= 0.3 is 0 Å². The van der Waals surface area contributed by atoms with Gasteiger partial charge in [-0.05, 0) is 24.5 Å². The Balaban J connectivity index is 1.77. The summed E-state index contributed by atoms with van der Waals surface area (Å²) in [4.78, 5) is 3.05. The predicted octanol–water partition coefficient (Wildman–Crippen LogP) is 5.60. The highest BCUT2D eigenvalue weighted by Crippen LogP contribution is 2.22. The van der Waals surface area contributed by atoms with Crippen molar-refractivity contribution in [3.63, 3.8) is 0 Å². The van der Waals surface area contributed by atoms with Gasteiger partial charge in [0.05, 0.1) is 5.52 Å². The maximum absolute atomic E-state index is 13.5. The summed E-state index contributed by atoms with van der Waals surface area (Å²) in [6.07, 6.45) is 12.2. The number of H-pyrrole nitrogens is 1. The van der Waals surface area contributed by atoms with Crippen LogP contribution in [0.2, 0.25) is 0 Å². The fraction of sp³-hybridized carbons (Fsp3) is 0.529. The van der Waals surface area contributed by atoms with Gasteiger partial charge in [-0.15, -0.1) is 0 Å². The average Bonchev–Trinajstić information content (AvgIpc) is 2.83. The Morgan fingerprint density at radius 2 is 1.74 bits per heavy atom. The second-order valence-electron chi connectivity index (χ2n) is 5.35. The predicted molar refractivity (Wildman–Crippen MR) is 80.0 cm³/mol. The topological polar surface area (TPSA) is 15.8 Å². The van der Waals surface area contributed by atoms with E-state index in [4.69, 9.17) is 0 Å². The normalized spacial score (nSPS) is 11.3. The van der Waals surface area contributed by atoms with Gasteiger partial charge in [-0.3, -0.25) is 0 Å². The smallest absolute Gasteiger partial charge is 0.147 e. The van der Waals surface area contributed by atoms with Crippen molar-refractivity contribution in [3.8, 4) is 0 Å². The van der Waals surface area contributed by atoms with Crippen LogP contribution in [0.1, 0.15) is 57.4 Å². The van der Waals surface area contributed by atoms with E-state index in [2.05, 4.69) is 11.9 Å². The van der Waals surface area contributed by atoms with Crippen molar-refractivity contribution < 1.29 is 4.39 Å². The summed E-state index contributed by atoms with van der Waals surface area (Å²) in [6.45, 7) is 2.25. The van der Waals surface area contributed by atoms with Crippen LogP contribution in [0.15, 0.2) is 24.4 Å². The molecule has 0 atom stereocenters. The van der Waals surface area contributed by atoms with E-state index in [1.165, 1.54) is 56.6 Å². The number of rotatable bonds is 8. The summed E-state index contributed by atoms with van der Waals surface area (Å²) in [5, 5.41) is 1.05. The van der Waals surface area contributed by atoms with Crippen molar-refractivity contribution in [1.82, 2.24) is 4.98 Å². The standard InChI is InChI=1S/C17H24FN/c1-2-3-4-5-6-7-8-10-14-13-19-17-15(14)11-9-12-16(17)18/h9,11-13,19H,2-8,10H2,1H3. The van der Waals surface area contributed by atoms with Gasteiger partial charge in [-0.1, -0.05) is 57.6 Å². The lowest BCUT2D eigenvalue weighted by Crippen LogP contribution is -1.85. The Morgan fingerprint density at radius 1 is 1.00 bits per heavy atom. The molecule has 0 fully saturated rings. The lowest BCUT2D eigenvalue weighted by atomic mass is 10.0. The number of hydrogen-bond donors (Lipinski definition) is 1. The summed E-state index contributed by atoms with van der Waals surface area (Å²) in [6, 6.07) is 5.31. The molecule has 0 radical (unpaired) electrons. The Bertz CT molecular complexity index is 501. The molecular formula is C17H24FN. The SMILES string of the molecule is CCCCCCCCCc1c[nH]c2c(F)cccc12. The first kappa shape index (κ1) is 14.1. The van der Waals surface area contributed by atoms with Gasteiger partial charge in [0.1, 0.15) is 5.82 Å². The molecule has 0 saturated heterocycles. The highest BCUT2D eigenvalue weighted by molar-refractivity contribution is 5.83. The molecule has 0 saturated carbocycles. The molecule has 1 aromatic carbocycles. The first-order valence-electron chi connectivity index (χ1n) is 7.57. The van der Waals surface area contributed by atoms with Gasteiger partial charge in [0, 0.05) is 11.6 Å². The third-order valence-electron chi connectivity index (χ3n) is 3.80. The monoisotopic (exact) mass is 261 g/mol. The molecule has 1 aromatic heterocycles. The number of fused-ring (bicyclic) bond motifs is 1. The number of aromatic amines is 1. The van der Waals surface area contributed by atoms with E-state index in [9.17, 15) is 4.39 Å². The van der Waals surface area contributed by atoms with Gasteiger partial charge in [-0.25, -0.2) is 4.39 Å². The minimum atomic E-state index is -0.150. The minimum Gasteiger partial charge on any atom is -0.359 e. The van der Waals surface area contributed by atoms with Crippen LogP contribution in [-0.2, 0) is 6.42 Å². The molecule has 0 amide bonds. The van der Waals surface area contributed by atoms with Crippen LogP contribution in [0.3, 0.4) is 0 Å². The molecule has 0 bridgehead atoms. The van der Waals surface area contributed by atoms with E-state index in [0.717, 1.165) is 11.8 Å². The van der Waals surface area contributed by atoms with Gasteiger partial charge in [0.2, 0.25) is 0 Å². The van der Waals surface area contributed by atoms with Crippen LogP contribution in [-0.4, -0.2) is 4.98 Å². The van der Waals surface area contributed by atoms with E-state index in [1.54, 1.807) is 6.07 Å². The molecule has 0 aliphatic rings. The van der Waals surface area contributed by atoms with Gasteiger partial charge in [0.15, 0.2) is 0 Å². The highest BCUT2D eigenvalue weighted by Gasteiger charge is 2.06. The van der Waals surface area contributed by atoms with Crippen LogP contribution < -0.4 is 0 Å². The quantitative estimate of drug-likeness (QED) is 0.595. The fourth-order valence-corrected chi connectivity index (χ4v) is 2.65. The largest absolute Gasteiger partial charge is 0.359 e. The number of nitrogens with one attached hydrogen (secondary N) is 1. The average molecular weight is 261 g/mol. The summed E-state index contributed by atoms with van der Waals surface area (Å²) >= 11 is 0. The van der Waals surface area contributed by atoms with E-state index >= 15 is 0 Å². The second-order valence-corrected chi connectivity index (χ2v) is 5.35. The Kier molecular flexibility index (Phi) is 5.44. The molecule has 0 aliphatic carbocycles.